The summed E-state index contributed by atoms with van der Waals surface area (Å²) in [5.41, 5.74) is -2.69. The Bertz CT molecular complexity index is 398. The van der Waals surface area contributed by atoms with Crippen molar-refractivity contribution in [2.24, 2.45) is 0 Å². The van der Waals surface area contributed by atoms with Crippen LogP contribution in [-0.4, -0.2) is 48.2 Å². The Hall–Kier alpha value is -2.38. The molecule has 0 bridgehead atoms. The predicted molar refractivity (Wildman–Crippen MR) is 66.6 cm³/mol. The molecule has 0 aliphatic heterocycles. The second-order valence-electron chi connectivity index (χ2n) is 3.69. The van der Waals surface area contributed by atoms with Crippen molar-refractivity contribution in [3.63, 3.8) is 0 Å². The molecule has 20 heavy (non-hydrogen) atoms. The van der Waals surface area contributed by atoms with E-state index in [-0.39, 0.29) is 19.6 Å². The van der Waals surface area contributed by atoms with Gasteiger partial charge in [-0.25, -0.2) is 14.4 Å². The van der Waals surface area contributed by atoms with E-state index in [0.717, 1.165) is 0 Å². The van der Waals surface area contributed by atoms with Crippen LogP contribution in [0, 0.1) is 0 Å². The number of ether oxygens (including phenoxy) is 2. The van der Waals surface area contributed by atoms with Crippen molar-refractivity contribution in [3.8, 4) is 0 Å². The maximum absolute atomic E-state index is 12.0. The van der Waals surface area contributed by atoms with Gasteiger partial charge in [-0.05, 0) is 13.8 Å². The molecule has 112 valence electrons. The van der Waals surface area contributed by atoms with Crippen LogP contribution in [0.2, 0.25) is 0 Å². The van der Waals surface area contributed by atoms with Gasteiger partial charge in [-0.3, -0.25) is 4.79 Å². The lowest BCUT2D eigenvalue weighted by molar-refractivity contribution is -0.167. The number of amides is 1. The van der Waals surface area contributed by atoms with Gasteiger partial charge in [0.1, 0.15) is 0 Å². The van der Waals surface area contributed by atoms with Gasteiger partial charge in [0, 0.05) is 12.0 Å². The summed E-state index contributed by atoms with van der Waals surface area (Å²) in [5.74, 6) is -3.61. The Balaban J connectivity index is 5.59. The summed E-state index contributed by atoms with van der Waals surface area (Å²) in [4.78, 5) is 45.4. The normalized spacial score (nSPS) is 10.3. The van der Waals surface area contributed by atoms with E-state index < -0.39 is 35.4 Å². The SMILES string of the molecule is C=C(CC(NC=O)(C(=O)OCC)C(=O)OCC)C(=O)O. The molecule has 8 heteroatoms. The molecule has 0 aromatic heterocycles. The minimum Gasteiger partial charge on any atom is -0.478 e. The van der Waals surface area contributed by atoms with Crippen LogP contribution in [0.3, 0.4) is 0 Å². The summed E-state index contributed by atoms with van der Waals surface area (Å²) in [6.45, 7) is 6.13. The molecule has 0 spiro atoms. The van der Waals surface area contributed by atoms with Crippen molar-refractivity contribution in [1.29, 1.82) is 0 Å². The van der Waals surface area contributed by atoms with Crippen molar-refractivity contribution >= 4 is 24.3 Å². The third-order valence-corrected chi connectivity index (χ3v) is 2.33. The number of esters is 2. The minimum atomic E-state index is -2.25. The summed E-state index contributed by atoms with van der Waals surface area (Å²) in [6, 6.07) is 0. The van der Waals surface area contributed by atoms with E-state index in [1.807, 2.05) is 5.32 Å². The zero-order chi connectivity index (χ0) is 15.8. The fraction of sp³-hybridized carbons (Fsp3) is 0.500. The van der Waals surface area contributed by atoms with Crippen LogP contribution in [-0.2, 0) is 28.7 Å². The van der Waals surface area contributed by atoms with Gasteiger partial charge >= 0.3 is 17.9 Å². The van der Waals surface area contributed by atoms with Gasteiger partial charge < -0.3 is 19.9 Å². The molecular weight excluding hydrogens is 270 g/mol. The van der Waals surface area contributed by atoms with Crippen LogP contribution in [0.5, 0.6) is 0 Å². The monoisotopic (exact) mass is 287 g/mol. The van der Waals surface area contributed by atoms with Gasteiger partial charge in [0.05, 0.1) is 13.2 Å². The zero-order valence-electron chi connectivity index (χ0n) is 11.3. The molecule has 0 saturated carbocycles. The maximum Gasteiger partial charge on any atom is 0.344 e. The largest absolute Gasteiger partial charge is 0.478 e. The van der Waals surface area contributed by atoms with Gasteiger partial charge in [-0.15, -0.1) is 0 Å². The van der Waals surface area contributed by atoms with Gasteiger partial charge in [0.25, 0.3) is 0 Å². The predicted octanol–water partition coefficient (Wildman–Crippen LogP) is -0.372. The van der Waals surface area contributed by atoms with Crippen molar-refractivity contribution in [2.75, 3.05) is 13.2 Å². The highest BCUT2D eigenvalue weighted by Crippen LogP contribution is 2.20. The number of carboxylic acid groups (broad SMARTS) is 1. The summed E-state index contributed by atoms with van der Waals surface area (Å²) in [5, 5.41) is 10.8. The maximum atomic E-state index is 12.0. The average molecular weight is 287 g/mol. The van der Waals surface area contributed by atoms with E-state index in [9.17, 15) is 19.2 Å². The van der Waals surface area contributed by atoms with Crippen molar-refractivity contribution in [2.45, 2.75) is 25.8 Å². The lowest BCUT2D eigenvalue weighted by Gasteiger charge is -2.28. The molecule has 0 aromatic carbocycles. The molecule has 0 aromatic rings. The highest BCUT2D eigenvalue weighted by atomic mass is 16.6. The van der Waals surface area contributed by atoms with Gasteiger partial charge in [-0.2, -0.15) is 0 Å². The third-order valence-electron chi connectivity index (χ3n) is 2.33. The number of aliphatic carboxylic acids is 1. The molecule has 0 heterocycles. The van der Waals surface area contributed by atoms with Gasteiger partial charge in [0.2, 0.25) is 11.9 Å². The Morgan fingerprint density at radius 2 is 1.65 bits per heavy atom. The van der Waals surface area contributed by atoms with E-state index >= 15 is 0 Å². The highest BCUT2D eigenvalue weighted by molar-refractivity contribution is 6.08. The first kappa shape index (κ1) is 17.6. The first-order chi connectivity index (χ1) is 9.35. The van der Waals surface area contributed by atoms with Gasteiger partial charge in [0.15, 0.2) is 0 Å². The van der Waals surface area contributed by atoms with Crippen LogP contribution in [0.4, 0.5) is 0 Å². The number of hydrogen-bond donors (Lipinski definition) is 2. The summed E-state index contributed by atoms with van der Waals surface area (Å²) in [7, 11) is 0. The standard InChI is InChI=1S/C12H17NO7/c1-4-19-10(17)12(13-7-14,11(18)20-5-2)6-8(3)9(15)16/h7H,3-6H2,1-2H3,(H,13,14)(H,15,16). The molecular formula is C12H17NO7. The minimum absolute atomic E-state index is 0.0555. The molecule has 0 aliphatic carbocycles. The van der Waals surface area contributed by atoms with E-state index in [4.69, 9.17) is 14.6 Å². The summed E-state index contributed by atoms with van der Waals surface area (Å²) >= 11 is 0. The Labute approximate surface area is 115 Å². The second kappa shape index (κ2) is 7.93. The first-order valence-corrected chi connectivity index (χ1v) is 5.82. The van der Waals surface area contributed by atoms with Crippen molar-refractivity contribution in [1.82, 2.24) is 5.32 Å². The van der Waals surface area contributed by atoms with Crippen LogP contribution in [0.1, 0.15) is 20.3 Å². The summed E-state index contributed by atoms with van der Waals surface area (Å²) < 4.78 is 9.43. The van der Waals surface area contributed by atoms with E-state index in [1.54, 1.807) is 0 Å². The van der Waals surface area contributed by atoms with Crippen LogP contribution >= 0.6 is 0 Å². The van der Waals surface area contributed by atoms with Crippen molar-refractivity contribution < 1.29 is 33.8 Å². The number of carboxylic acids is 1. The van der Waals surface area contributed by atoms with Crippen LogP contribution < -0.4 is 5.32 Å². The smallest absolute Gasteiger partial charge is 0.344 e. The molecule has 0 saturated heterocycles. The fourth-order valence-corrected chi connectivity index (χ4v) is 1.40. The highest BCUT2D eigenvalue weighted by Gasteiger charge is 2.50. The number of carbonyl (C=O) groups is 4. The lowest BCUT2D eigenvalue weighted by Crippen LogP contribution is -2.59. The second-order valence-corrected chi connectivity index (χ2v) is 3.69. The third kappa shape index (κ3) is 4.08. The molecule has 1 amide bonds. The first-order valence-electron chi connectivity index (χ1n) is 5.82. The summed E-state index contributed by atoms with van der Waals surface area (Å²) in [6.07, 6.45) is -0.554. The molecule has 0 unspecified atom stereocenters. The molecule has 0 radical (unpaired) electrons. The Morgan fingerprint density at radius 1 is 1.20 bits per heavy atom. The average Bonchev–Trinajstić information content (AvgIpc) is 2.38. The van der Waals surface area contributed by atoms with Crippen LogP contribution in [0.15, 0.2) is 12.2 Å². The number of rotatable bonds is 9. The molecule has 2 N–H and O–H groups in total. The molecule has 0 rings (SSSR count). The number of carbonyl (C=O) groups excluding carboxylic acids is 3. The molecule has 0 atom stereocenters. The Morgan fingerprint density at radius 3 is 1.95 bits per heavy atom. The zero-order valence-corrected chi connectivity index (χ0v) is 11.3. The van der Waals surface area contributed by atoms with E-state index in [2.05, 4.69) is 6.58 Å². The molecule has 8 nitrogen and oxygen atoms in total. The number of hydrogen-bond acceptors (Lipinski definition) is 6. The quantitative estimate of drug-likeness (QED) is 0.257. The van der Waals surface area contributed by atoms with Crippen molar-refractivity contribution in [3.05, 3.63) is 12.2 Å². The lowest BCUT2D eigenvalue weighted by atomic mass is 9.91. The van der Waals surface area contributed by atoms with Crippen LogP contribution in [0.25, 0.3) is 0 Å². The number of nitrogens with one attached hydrogen (secondary N) is 1. The van der Waals surface area contributed by atoms with Gasteiger partial charge in [-0.1, -0.05) is 6.58 Å². The molecule has 0 fully saturated rings. The Kier molecular flexibility index (Phi) is 6.98. The van der Waals surface area contributed by atoms with E-state index in [1.165, 1.54) is 13.8 Å². The molecule has 0 aliphatic rings. The van der Waals surface area contributed by atoms with E-state index in [0.29, 0.717) is 0 Å². The topological polar surface area (TPSA) is 119 Å². The fourth-order valence-electron chi connectivity index (χ4n) is 1.40.